The number of benzene rings is 4. The first-order valence-electron chi connectivity index (χ1n) is 20.1. The SMILES string of the molecule is Cc1c(C(=O)N(C)c2ccccc2)cc(-c2cc3c(cc2C(=O)N2CCc4ccccc4C2CCCN2CCOCC2)CN(C(=O)Oc2ccccc2)CC3)n1C. The first-order valence-corrected chi connectivity index (χ1v) is 20.1. The molecule has 0 N–H and O–H groups in total. The topological polar surface area (TPSA) is 87.6 Å². The zero-order valence-corrected chi connectivity index (χ0v) is 33.2. The summed E-state index contributed by atoms with van der Waals surface area (Å²) in [6, 6.07) is 33.2. The lowest BCUT2D eigenvalue weighted by atomic mass is 9.87. The van der Waals surface area contributed by atoms with Crippen molar-refractivity contribution in [2.24, 2.45) is 7.05 Å². The standard InChI is InChI=1S/C47H51N5O5/c1-33-40(45(53)49(3)37-14-6-4-7-15-37)31-44(48(33)2)41-29-35-20-23-51(47(55)57-38-16-8-5-9-17-38)32-36(35)30-42(41)46(54)52-24-21-34-13-10-11-18-39(34)43(52)19-12-22-50-25-27-56-28-26-50/h4-11,13-18,29-31,43H,12,19-28,32H2,1-3H3. The molecule has 1 aromatic heterocycles. The maximum absolute atomic E-state index is 15.4. The zero-order valence-electron chi connectivity index (χ0n) is 33.2. The second kappa shape index (κ2) is 16.8. The van der Waals surface area contributed by atoms with Crippen molar-refractivity contribution < 1.29 is 23.9 Å². The number of hydrogen-bond donors (Lipinski definition) is 0. The molecular formula is C47H51N5O5. The number of rotatable bonds is 9. The Morgan fingerprint density at radius 2 is 1.49 bits per heavy atom. The number of ether oxygens (including phenoxy) is 2. The van der Waals surface area contributed by atoms with Crippen molar-refractivity contribution >= 4 is 23.6 Å². The summed E-state index contributed by atoms with van der Waals surface area (Å²) in [7, 11) is 3.75. The predicted octanol–water partition coefficient (Wildman–Crippen LogP) is 7.69. The highest BCUT2D eigenvalue weighted by molar-refractivity contribution is 6.08. The first-order chi connectivity index (χ1) is 27.8. The summed E-state index contributed by atoms with van der Waals surface area (Å²) in [6.07, 6.45) is 2.76. The van der Waals surface area contributed by atoms with Gasteiger partial charge in [-0.25, -0.2) is 4.79 Å². The number of aromatic nitrogens is 1. The minimum atomic E-state index is -0.416. The Morgan fingerprint density at radius 1 is 0.789 bits per heavy atom. The van der Waals surface area contributed by atoms with E-state index in [9.17, 15) is 9.59 Å². The third-order valence-electron chi connectivity index (χ3n) is 12.0. The van der Waals surface area contributed by atoms with E-state index in [1.165, 1.54) is 11.1 Å². The molecule has 294 valence electrons. The number of morpholine rings is 1. The van der Waals surface area contributed by atoms with Gasteiger partial charge in [0.05, 0.1) is 24.8 Å². The number of amides is 3. The van der Waals surface area contributed by atoms with Crippen LogP contribution in [-0.2, 0) is 31.2 Å². The van der Waals surface area contributed by atoms with Gasteiger partial charge in [-0.2, -0.15) is 0 Å². The van der Waals surface area contributed by atoms with Gasteiger partial charge in [-0.15, -0.1) is 0 Å². The number of carbonyl (C=O) groups excluding carboxylic acids is 3. The average Bonchev–Trinajstić information content (AvgIpc) is 3.55. The smallest absolute Gasteiger partial charge is 0.410 e. The number of hydrogen-bond acceptors (Lipinski definition) is 6. The Balaban J connectivity index is 1.16. The number of fused-ring (bicyclic) bond motifs is 2. The molecular weight excluding hydrogens is 715 g/mol. The van der Waals surface area contributed by atoms with Crippen molar-refractivity contribution in [3.63, 3.8) is 0 Å². The van der Waals surface area contributed by atoms with Crippen LogP contribution in [0.5, 0.6) is 5.75 Å². The number of carbonyl (C=O) groups is 3. The summed E-state index contributed by atoms with van der Waals surface area (Å²) >= 11 is 0. The minimum absolute atomic E-state index is 0.0456. The molecule has 0 spiro atoms. The summed E-state index contributed by atoms with van der Waals surface area (Å²) < 4.78 is 13.4. The molecule has 1 fully saturated rings. The van der Waals surface area contributed by atoms with Gasteiger partial charge in [0.1, 0.15) is 5.75 Å². The van der Waals surface area contributed by atoms with Crippen molar-refractivity contribution in [2.45, 2.75) is 45.2 Å². The van der Waals surface area contributed by atoms with Crippen LogP contribution in [0.25, 0.3) is 11.3 Å². The third kappa shape index (κ3) is 7.97. The van der Waals surface area contributed by atoms with E-state index in [-0.39, 0.29) is 17.9 Å². The van der Waals surface area contributed by atoms with Gasteiger partial charge in [-0.3, -0.25) is 14.5 Å². The fourth-order valence-electron chi connectivity index (χ4n) is 8.63. The molecule has 3 aliphatic heterocycles. The second-order valence-electron chi connectivity index (χ2n) is 15.4. The average molecular weight is 766 g/mol. The van der Waals surface area contributed by atoms with Crippen LogP contribution in [0.2, 0.25) is 0 Å². The summed E-state index contributed by atoms with van der Waals surface area (Å²) in [5, 5.41) is 0. The van der Waals surface area contributed by atoms with Crippen LogP contribution in [0.1, 0.15) is 67.5 Å². The Morgan fingerprint density at radius 3 is 2.26 bits per heavy atom. The summed E-state index contributed by atoms with van der Waals surface area (Å²) in [4.78, 5) is 50.7. The second-order valence-corrected chi connectivity index (χ2v) is 15.4. The van der Waals surface area contributed by atoms with Gasteiger partial charge in [0.2, 0.25) is 0 Å². The van der Waals surface area contributed by atoms with Gasteiger partial charge in [-0.1, -0.05) is 60.7 Å². The summed E-state index contributed by atoms with van der Waals surface area (Å²) in [6.45, 7) is 7.70. The predicted molar refractivity (Wildman–Crippen MR) is 222 cm³/mol. The van der Waals surface area contributed by atoms with Crippen molar-refractivity contribution in [1.29, 1.82) is 0 Å². The molecule has 1 saturated heterocycles. The molecule has 3 aliphatic rings. The Hall–Kier alpha value is -5.71. The monoisotopic (exact) mass is 765 g/mol. The number of nitrogens with zero attached hydrogens (tertiary/aromatic N) is 5. The summed E-state index contributed by atoms with van der Waals surface area (Å²) in [5.41, 5.74) is 8.86. The van der Waals surface area contributed by atoms with Crippen LogP contribution in [0, 0.1) is 6.92 Å². The highest BCUT2D eigenvalue weighted by Gasteiger charge is 2.35. The van der Waals surface area contributed by atoms with E-state index in [0.717, 1.165) is 85.9 Å². The van der Waals surface area contributed by atoms with Crippen molar-refractivity contribution in [2.75, 3.05) is 57.9 Å². The Bertz CT molecular complexity index is 2250. The van der Waals surface area contributed by atoms with Crippen molar-refractivity contribution in [3.05, 3.63) is 142 Å². The van der Waals surface area contributed by atoms with Gasteiger partial charge < -0.3 is 28.7 Å². The first kappa shape index (κ1) is 38.2. The van der Waals surface area contributed by atoms with E-state index in [1.54, 1.807) is 29.0 Å². The van der Waals surface area contributed by atoms with Crippen LogP contribution in [0.4, 0.5) is 10.5 Å². The van der Waals surface area contributed by atoms with Crippen molar-refractivity contribution in [1.82, 2.24) is 19.3 Å². The maximum atomic E-state index is 15.4. The molecule has 0 radical (unpaired) electrons. The van der Waals surface area contributed by atoms with Crippen LogP contribution in [-0.4, -0.2) is 90.2 Å². The molecule has 57 heavy (non-hydrogen) atoms. The quantitative estimate of drug-likeness (QED) is 0.153. The lowest BCUT2D eigenvalue weighted by Crippen LogP contribution is -2.41. The number of para-hydroxylation sites is 2. The molecule has 4 aromatic carbocycles. The normalized spacial score (nSPS) is 16.8. The van der Waals surface area contributed by atoms with Crippen LogP contribution >= 0.6 is 0 Å². The molecule has 10 heteroatoms. The van der Waals surface area contributed by atoms with Gasteiger partial charge in [0.25, 0.3) is 11.8 Å². The molecule has 3 amide bonds. The number of anilines is 1. The van der Waals surface area contributed by atoms with E-state index in [1.807, 2.05) is 79.2 Å². The molecule has 5 aromatic rings. The maximum Gasteiger partial charge on any atom is 0.415 e. The van der Waals surface area contributed by atoms with E-state index in [2.05, 4.69) is 40.1 Å². The third-order valence-corrected chi connectivity index (χ3v) is 12.0. The molecule has 0 saturated carbocycles. The molecule has 1 atom stereocenters. The van der Waals surface area contributed by atoms with E-state index in [4.69, 9.17) is 9.47 Å². The molecule has 1 unspecified atom stereocenters. The molecule has 4 heterocycles. The minimum Gasteiger partial charge on any atom is -0.410 e. The zero-order chi connectivity index (χ0) is 39.5. The summed E-state index contributed by atoms with van der Waals surface area (Å²) in [5.74, 6) is 0.328. The highest BCUT2D eigenvalue weighted by atomic mass is 16.6. The lowest BCUT2D eigenvalue weighted by molar-refractivity contribution is 0.0355. The van der Waals surface area contributed by atoms with Gasteiger partial charge in [0.15, 0.2) is 0 Å². The van der Waals surface area contributed by atoms with E-state index < -0.39 is 6.09 Å². The highest BCUT2D eigenvalue weighted by Crippen LogP contribution is 2.39. The fourth-order valence-corrected chi connectivity index (χ4v) is 8.63. The molecule has 0 bridgehead atoms. The lowest BCUT2D eigenvalue weighted by Gasteiger charge is -2.39. The van der Waals surface area contributed by atoms with E-state index >= 15 is 4.79 Å². The largest absolute Gasteiger partial charge is 0.415 e. The van der Waals surface area contributed by atoms with Crippen LogP contribution < -0.4 is 9.64 Å². The van der Waals surface area contributed by atoms with Crippen molar-refractivity contribution in [3.8, 4) is 17.0 Å². The van der Waals surface area contributed by atoms with Gasteiger partial charge in [-0.05, 0) is 104 Å². The molecule has 10 nitrogen and oxygen atoms in total. The fraction of sp³-hybridized carbons (Fsp3) is 0.340. The Labute approximate surface area is 335 Å². The van der Waals surface area contributed by atoms with Gasteiger partial charge >= 0.3 is 6.09 Å². The molecule has 0 aliphatic carbocycles. The molecule has 8 rings (SSSR count). The van der Waals surface area contributed by atoms with Crippen LogP contribution in [0.3, 0.4) is 0 Å². The Kier molecular flexibility index (Phi) is 11.2. The van der Waals surface area contributed by atoms with E-state index in [0.29, 0.717) is 42.9 Å². The van der Waals surface area contributed by atoms with Crippen LogP contribution in [0.15, 0.2) is 103 Å². The van der Waals surface area contributed by atoms with Gasteiger partial charge in [0, 0.05) is 75.0 Å².